The molecule has 0 bridgehead atoms. The summed E-state index contributed by atoms with van der Waals surface area (Å²) in [5, 5.41) is 8.65. The number of rotatable bonds is 6. The van der Waals surface area contributed by atoms with E-state index in [-0.39, 0.29) is 6.61 Å². The summed E-state index contributed by atoms with van der Waals surface area (Å²) in [5.41, 5.74) is 0.876. The summed E-state index contributed by atoms with van der Waals surface area (Å²) >= 11 is 0. The monoisotopic (exact) mass is 234 g/mol. The van der Waals surface area contributed by atoms with Gasteiger partial charge in [0, 0.05) is 20.1 Å². The van der Waals surface area contributed by atoms with E-state index in [9.17, 15) is 0 Å². The molecule has 17 heavy (non-hydrogen) atoms. The van der Waals surface area contributed by atoms with Crippen molar-refractivity contribution in [1.82, 2.24) is 0 Å². The van der Waals surface area contributed by atoms with Crippen LogP contribution in [0.25, 0.3) is 0 Å². The smallest absolute Gasteiger partial charge is 0.135 e. The fourth-order valence-electron chi connectivity index (χ4n) is 1.26. The highest BCUT2D eigenvalue weighted by Gasteiger charge is 1.98. The van der Waals surface area contributed by atoms with Crippen LogP contribution in [0.1, 0.15) is 18.4 Å². The van der Waals surface area contributed by atoms with Gasteiger partial charge in [-0.3, -0.25) is 0 Å². The van der Waals surface area contributed by atoms with Crippen LogP contribution in [0.2, 0.25) is 0 Å². The number of benzene rings is 1. The average molecular weight is 234 g/mol. The largest absolute Gasteiger partial charge is 0.490 e. The summed E-state index contributed by atoms with van der Waals surface area (Å²) in [5.74, 6) is 6.84. The molecule has 0 unspecified atom stereocenters. The molecule has 0 amide bonds. The molecule has 92 valence electrons. The third kappa shape index (κ3) is 5.39. The van der Waals surface area contributed by atoms with Crippen molar-refractivity contribution in [2.75, 3.05) is 26.9 Å². The molecular formula is C14H18O3. The lowest BCUT2D eigenvalue weighted by atomic mass is 10.2. The first-order valence-corrected chi connectivity index (χ1v) is 5.69. The molecule has 0 saturated heterocycles. The number of methoxy groups -OCH3 is 1. The normalized spacial score (nSPS) is 9.53. The molecule has 1 aromatic carbocycles. The number of ether oxygens (including phenoxy) is 2. The van der Waals surface area contributed by atoms with Crippen molar-refractivity contribution >= 4 is 0 Å². The molecular weight excluding hydrogens is 216 g/mol. The van der Waals surface area contributed by atoms with Gasteiger partial charge in [-0.2, -0.15) is 0 Å². The highest BCUT2D eigenvalue weighted by atomic mass is 16.5. The Morgan fingerprint density at radius 3 is 2.82 bits per heavy atom. The summed E-state index contributed by atoms with van der Waals surface area (Å²) in [6.07, 6.45) is 1.41. The van der Waals surface area contributed by atoms with Crippen LogP contribution in [0.5, 0.6) is 5.75 Å². The van der Waals surface area contributed by atoms with Crippen molar-refractivity contribution in [2.45, 2.75) is 12.8 Å². The first-order chi connectivity index (χ1) is 8.38. The first-order valence-electron chi connectivity index (χ1n) is 5.69. The van der Waals surface area contributed by atoms with E-state index in [4.69, 9.17) is 14.6 Å². The minimum Gasteiger partial charge on any atom is -0.490 e. The standard InChI is InChI=1S/C14H18O3/c1-16-11-12-17-14-9-5-4-8-13(14)7-3-2-6-10-15/h4-5,8-9,15H,2,6,10-12H2,1H3. The maximum absolute atomic E-state index is 8.65. The Hall–Kier alpha value is -1.50. The number of aliphatic hydroxyl groups excluding tert-OH is 1. The van der Waals surface area contributed by atoms with Crippen LogP contribution in [0.15, 0.2) is 24.3 Å². The van der Waals surface area contributed by atoms with Crippen molar-refractivity contribution < 1.29 is 14.6 Å². The molecule has 0 heterocycles. The second-order valence-corrected chi connectivity index (χ2v) is 3.47. The lowest BCUT2D eigenvalue weighted by molar-refractivity contribution is 0.146. The van der Waals surface area contributed by atoms with E-state index in [0.717, 1.165) is 11.3 Å². The Bertz CT molecular complexity index is 377. The Morgan fingerprint density at radius 2 is 2.06 bits per heavy atom. The Morgan fingerprint density at radius 1 is 1.24 bits per heavy atom. The van der Waals surface area contributed by atoms with Crippen molar-refractivity contribution in [1.29, 1.82) is 0 Å². The zero-order valence-electron chi connectivity index (χ0n) is 10.1. The van der Waals surface area contributed by atoms with E-state index >= 15 is 0 Å². The maximum Gasteiger partial charge on any atom is 0.135 e. The minimum atomic E-state index is 0.181. The second-order valence-electron chi connectivity index (χ2n) is 3.47. The van der Waals surface area contributed by atoms with Crippen LogP contribution in [-0.4, -0.2) is 32.0 Å². The molecule has 0 aliphatic carbocycles. The molecule has 3 heteroatoms. The molecule has 0 saturated carbocycles. The van der Waals surface area contributed by atoms with Crippen LogP contribution in [0.4, 0.5) is 0 Å². The second kappa shape index (κ2) is 8.63. The number of aliphatic hydroxyl groups is 1. The number of unbranched alkanes of at least 4 members (excludes halogenated alkanes) is 1. The van der Waals surface area contributed by atoms with Gasteiger partial charge in [0.25, 0.3) is 0 Å². The Kier molecular flexibility index (Phi) is 6.89. The van der Waals surface area contributed by atoms with Gasteiger partial charge in [0.1, 0.15) is 12.4 Å². The average Bonchev–Trinajstić information content (AvgIpc) is 2.36. The summed E-state index contributed by atoms with van der Waals surface area (Å²) in [4.78, 5) is 0. The van der Waals surface area contributed by atoms with Crippen molar-refractivity contribution in [2.24, 2.45) is 0 Å². The molecule has 1 aromatic rings. The van der Waals surface area contributed by atoms with Gasteiger partial charge in [-0.1, -0.05) is 24.0 Å². The highest BCUT2D eigenvalue weighted by Crippen LogP contribution is 2.16. The molecule has 0 aromatic heterocycles. The third-order valence-corrected chi connectivity index (χ3v) is 2.12. The molecule has 0 spiro atoms. The van der Waals surface area contributed by atoms with Crippen LogP contribution >= 0.6 is 0 Å². The third-order valence-electron chi connectivity index (χ3n) is 2.12. The molecule has 0 aliphatic heterocycles. The van der Waals surface area contributed by atoms with Crippen molar-refractivity contribution in [3.8, 4) is 17.6 Å². The van der Waals surface area contributed by atoms with Crippen LogP contribution in [0.3, 0.4) is 0 Å². The SMILES string of the molecule is COCCOc1ccccc1C#CCCCO. The summed E-state index contributed by atoms with van der Waals surface area (Å²) < 4.78 is 10.5. The predicted octanol–water partition coefficient (Wildman–Crippen LogP) is 1.84. The fourth-order valence-corrected chi connectivity index (χ4v) is 1.26. The van der Waals surface area contributed by atoms with E-state index < -0.39 is 0 Å². The van der Waals surface area contributed by atoms with Gasteiger partial charge in [0.2, 0.25) is 0 Å². The van der Waals surface area contributed by atoms with Crippen LogP contribution < -0.4 is 4.74 Å². The van der Waals surface area contributed by atoms with E-state index in [0.29, 0.717) is 26.1 Å². The zero-order valence-corrected chi connectivity index (χ0v) is 10.1. The number of hydrogen-bond acceptors (Lipinski definition) is 3. The van der Waals surface area contributed by atoms with Gasteiger partial charge in [0.05, 0.1) is 12.2 Å². The van der Waals surface area contributed by atoms with E-state index in [1.807, 2.05) is 24.3 Å². The summed E-state index contributed by atoms with van der Waals surface area (Å²) in [6.45, 7) is 1.26. The van der Waals surface area contributed by atoms with Crippen LogP contribution in [0, 0.1) is 11.8 Å². The fraction of sp³-hybridized carbons (Fsp3) is 0.429. The Labute approximate surface area is 102 Å². The summed E-state index contributed by atoms with van der Waals surface area (Å²) in [6, 6.07) is 7.67. The number of hydrogen-bond donors (Lipinski definition) is 1. The lowest BCUT2D eigenvalue weighted by Gasteiger charge is -2.06. The summed E-state index contributed by atoms with van der Waals surface area (Å²) in [7, 11) is 1.64. The maximum atomic E-state index is 8.65. The molecule has 1 N–H and O–H groups in total. The van der Waals surface area contributed by atoms with Gasteiger partial charge in [0.15, 0.2) is 0 Å². The first kappa shape index (κ1) is 13.6. The topological polar surface area (TPSA) is 38.7 Å². The molecule has 1 rings (SSSR count). The highest BCUT2D eigenvalue weighted by molar-refractivity contribution is 5.45. The predicted molar refractivity (Wildman–Crippen MR) is 67.0 cm³/mol. The zero-order chi connectivity index (χ0) is 12.3. The minimum absolute atomic E-state index is 0.181. The van der Waals surface area contributed by atoms with Gasteiger partial charge in [-0.25, -0.2) is 0 Å². The lowest BCUT2D eigenvalue weighted by Crippen LogP contribution is -2.05. The molecule has 0 radical (unpaired) electrons. The molecule has 0 atom stereocenters. The van der Waals surface area contributed by atoms with E-state index in [1.54, 1.807) is 7.11 Å². The van der Waals surface area contributed by atoms with Gasteiger partial charge >= 0.3 is 0 Å². The van der Waals surface area contributed by atoms with Crippen molar-refractivity contribution in [3.63, 3.8) is 0 Å². The molecule has 0 fully saturated rings. The molecule has 3 nitrogen and oxygen atoms in total. The van der Waals surface area contributed by atoms with Gasteiger partial charge < -0.3 is 14.6 Å². The van der Waals surface area contributed by atoms with E-state index in [2.05, 4.69) is 11.8 Å². The van der Waals surface area contributed by atoms with Gasteiger partial charge in [-0.05, 0) is 18.6 Å². The van der Waals surface area contributed by atoms with E-state index in [1.165, 1.54) is 0 Å². The number of para-hydroxylation sites is 1. The van der Waals surface area contributed by atoms with Gasteiger partial charge in [-0.15, -0.1) is 0 Å². The van der Waals surface area contributed by atoms with Crippen molar-refractivity contribution in [3.05, 3.63) is 29.8 Å². The van der Waals surface area contributed by atoms with Crippen LogP contribution in [-0.2, 0) is 4.74 Å². The quantitative estimate of drug-likeness (QED) is 0.603. The molecule has 0 aliphatic rings. The Balaban J connectivity index is 2.59.